The van der Waals surface area contributed by atoms with E-state index < -0.39 is 0 Å². The molecule has 1 fully saturated rings. The zero-order chi connectivity index (χ0) is 15.6. The van der Waals surface area contributed by atoms with E-state index in [-0.39, 0.29) is 18.6 Å². The molecule has 0 spiro atoms. The number of benzene rings is 1. The number of ether oxygens (including phenoxy) is 3. The monoisotopic (exact) mass is 308 g/mol. The molecule has 1 N–H and O–H groups in total. The van der Waals surface area contributed by atoms with Gasteiger partial charge in [-0.15, -0.1) is 0 Å². The number of morpholine rings is 1. The van der Waals surface area contributed by atoms with E-state index in [0.29, 0.717) is 26.4 Å². The first-order chi connectivity index (χ1) is 10.7. The number of carbonyl (C=O) groups is 1. The number of nitrogens with one attached hydrogen (secondary N) is 1. The summed E-state index contributed by atoms with van der Waals surface area (Å²) in [6.45, 7) is 3.86. The van der Waals surface area contributed by atoms with Gasteiger partial charge in [0.25, 0.3) is 0 Å². The van der Waals surface area contributed by atoms with Crippen molar-refractivity contribution in [3.05, 3.63) is 30.3 Å². The van der Waals surface area contributed by atoms with E-state index in [2.05, 4.69) is 10.2 Å². The van der Waals surface area contributed by atoms with Gasteiger partial charge in [-0.05, 0) is 19.2 Å². The molecule has 1 saturated heterocycles. The second-order valence-electron chi connectivity index (χ2n) is 5.27. The highest BCUT2D eigenvalue weighted by Crippen LogP contribution is 2.07. The normalized spacial score (nSPS) is 18.9. The van der Waals surface area contributed by atoms with Crippen molar-refractivity contribution in [3.63, 3.8) is 0 Å². The van der Waals surface area contributed by atoms with Gasteiger partial charge < -0.3 is 24.4 Å². The molecular weight excluding hydrogens is 284 g/mol. The van der Waals surface area contributed by atoms with Crippen LogP contribution in [0.5, 0.6) is 5.75 Å². The van der Waals surface area contributed by atoms with E-state index in [9.17, 15) is 4.79 Å². The van der Waals surface area contributed by atoms with Crippen molar-refractivity contribution < 1.29 is 19.0 Å². The van der Waals surface area contributed by atoms with Gasteiger partial charge in [0.05, 0.1) is 19.3 Å². The first kappa shape index (κ1) is 16.7. The molecule has 0 unspecified atom stereocenters. The van der Waals surface area contributed by atoms with Crippen molar-refractivity contribution >= 4 is 5.91 Å². The van der Waals surface area contributed by atoms with E-state index in [0.717, 1.165) is 18.8 Å². The maximum absolute atomic E-state index is 11.7. The summed E-state index contributed by atoms with van der Waals surface area (Å²) in [6, 6.07) is 9.52. The van der Waals surface area contributed by atoms with Crippen molar-refractivity contribution in [3.8, 4) is 5.75 Å². The summed E-state index contributed by atoms with van der Waals surface area (Å²) in [5.74, 6) is 0.672. The van der Waals surface area contributed by atoms with E-state index in [1.807, 2.05) is 37.4 Å². The molecule has 1 atom stereocenters. The molecule has 6 heteroatoms. The van der Waals surface area contributed by atoms with Crippen LogP contribution in [0.4, 0.5) is 0 Å². The molecule has 122 valence electrons. The molecule has 2 rings (SSSR count). The summed E-state index contributed by atoms with van der Waals surface area (Å²) in [4.78, 5) is 13.8. The molecule has 0 aliphatic carbocycles. The van der Waals surface area contributed by atoms with Gasteiger partial charge >= 0.3 is 0 Å². The average molecular weight is 308 g/mol. The van der Waals surface area contributed by atoms with Crippen molar-refractivity contribution in [2.45, 2.75) is 6.10 Å². The lowest BCUT2D eigenvalue weighted by molar-refractivity contribution is -0.127. The van der Waals surface area contributed by atoms with Gasteiger partial charge in [-0.2, -0.15) is 0 Å². The lowest BCUT2D eigenvalue weighted by Crippen LogP contribution is -2.46. The molecule has 1 aliphatic rings. The Labute approximate surface area is 131 Å². The zero-order valence-corrected chi connectivity index (χ0v) is 13.0. The van der Waals surface area contributed by atoms with Crippen LogP contribution in [0.3, 0.4) is 0 Å². The minimum atomic E-state index is -0.128. The summed E-state index contributed by atoms with van der Waals surface area (Å²) in [5.41, 5.74) is 0. The Balaban J connectivity index is 1.49. The molecule has 1 amide bonds. The van der Waals surface area contributed by atoms with Crippen molar-refractivity contribution in [1.82, 2.24) is 10.2 Å². The SMILES string of the molecule is CN1CCO[C@@H](CNC(=O)COCCOc2ccccc2)C1. The summed E-state index contributed by atoms with van der Waals surface area (Å²) in [6.07, 6.45) is 0.0594. The molecular formula is C16H24N2O4. The maximum Gasteiger partial charge on any atom is 0.246 e. The molecule has 6 nitrogen and oxygen atoms in total. The molecule has 0 radical (unpaired) electrons. The third-order valence-electron chi connectivity index (χ3n) is 3.34. The zero-order valence-electron chi connectivity index (χ0n) is 13.0. The lowest BCUT2D eigenvalue weighted by Gasteiger charge is -2.30. The Morgan fingerprint density at radius 2 is 2.18 bits per heavy atom. The molecule has 1 aromatic rings. The third kappa shape index (κ3) is 6.43. The Kier molecular flexibility index (Phi) is 7.15. The van der Waals surface area contributed by atoms with Crippen LogP contribution in [0.2, 0.25) is 0 Å². The Morgan fingerprint density at radius 1 is 1.36 bits per heavy atom. The van der Waals surface area contributed by atoms with Crippen molar-refractivity contribution in [2.24, 2.45) is 0 Å². The lowest BCUT2D eigenvalue weighted by atomic mass is 10.3. The van der Waals surface area contributed by atoms with Crippen LogP contribution in [-0.2, 0) is 14.3 Å². The van der Waals surface area contributed by atoms with Gasteiger partial charge in [-0.25, -0.2) is 0 Å². The van der Waals surface area contributed by atoms with E-state index >= 15 is 0 Å². The fourth-order valence-corrected chi connectivity index (χ4v) is 2.17. The maximum atomic E-state index is 11.7. The number of nitrogens with zero attached hydrogens (tertiary/aromatic N) is 1. The first-order valence-electron chi connectivity index (χ1n) is 7.56. The highest BCUT2D eigenvalue weighted by Gasteiger charge is 2.18. The van der Waals surface area contributed by atoms with Gasteiger partial charge in [-0.3, -0.25) is 4.79 Å². The van der Waals surface area contributed by atoms with Crippen molar-refractivity contribution in [2.75, 3.05) is 53.1 Å². The smallest absolute Gasteiger partial charge is 0.246 e. The molecule has 22 heavy (non-hydrogen) atoms. The highest BCUT2D eigenvalue weighted by molar-refractivity contribution is 5.77. The molecule has 0 aromatic heterocycles. The highest BCUT2D eigenvalue weighted by atomic mass is 16.5. The topological polar surface area (TPSA) is 60.0 Å². The minimum Gasteiger partial charge on any atom is -0.491 e. The third-order valence-corrected chi connectivity index (χ3v) is 3.34. The first-order valence-corrected chi connectivity index (χ1v) is 7.56. The molecule has 0 saturated carbocycles. The summed E-state index contributed by atoms with van der Waals surface area (Å²) in [7, 11) is 2.05. The molecule has 1 aliphatic heterocycles. The van der Waals surface area contributed by atoms with Crippen molar-refractivity contribution in [1.29, 1.82) is 0 Å². The quantitative estimate of drug-likeness (QED) is 0.710. The van der Waals surface area contributed by atoms with E-state index in [1.54, 1.807) is 0 Å². The number of para-hydroxylation sites is 1. The van der Waals surface area contributed by atoms with Crippen LogP contribution in [-0.4, -0.2) is 70.0 Å². The van der Waals surface area contributed by atoms with Gasteiger partial charge in [0.15, 0.2) is 0 Å². The van der Waals surface area contributed by atoms with Crippen LogP contribution >= 0.6 is 0 Å². The van der Waals surface area contributed by atoms with Crippen LogP contribution in [0.15, 0.2) is 30.3 Å². The largest absolute Gasteiger partial charge is 0.491 e. The predicted molar refractivity (Wildman–Crippen MR) is 83.0 cm³/mol. The minimum absolute atomic E-state index is 0.0424. The second-order valence-corrected chi connectivity index (χ2v) is 5.27. The number of hydrogen-bond acceptors (Lipinski definition) is 5. The van der Waals surface area contributed by atoms with Gasteiger partial charge in [0.2, 0.25) is 5.91 Å². The van der Waals surface area contributed by atoms with E-state index in [1.165, 1.54) is 0 Å². The summed E-state index contributed by atoms with van der Waals surface area (Å²) >= 11 is 0. The van der Waals surface area contributed by atoms with Gasteiger partial charge in [0, 0.05) is 19.6 Å². The summed E-state index contributed by atoms with van der Waals surface area (Å²) in [5, 5.41) is 2.83. The average Bonchev–Trinajstić information content (AvgIpc) is 2.54. The van der Waals surface area contributed by atoms with E-state index in [4.69, 9.17) is 14.2 Å². The predicted octanol–water partition coefficient (Wildman–Crippen LogP) is 0.529. The van der Waals surface area contributed by atoms with Crippen LogP contribution < -0.4 is 10.1 Å². The fourth-order valence-electron chi connectivity index (χ4n) is 2.17. The Bertz CT molecular complexity index is 441. The van der Waals surface area contributed by atoms with Crippen LogP contribution in [0.25, 0.3) is 0 Å². The molecule has 1 heterocycles. The van der Waals surface area contributed by atoms with Crippen LogP contribution in [0, 0.1) is 0 Å². The number of likely N-dealkylation sites (N-methyl/N-ethyl adjacent to an activating group) is 1. The Hall–Kier alpha value is -1.63. The number of rotatable bonds is 8. The molecule has 0 bridgehead atoms. The molecule has 1 aromatic carbocycles. The Morgan fingerprint density at radius 3 is 2.95 bits per heavy atom. The summed E-state index contributed by atoms with van der Waals surface area (Å²) < 4.78 is 16.3. The second kappa shape index (κ2) is 9.40. The van der Waals surface area contributed by atoms with Gasteiger partial charge in [0.1, 0.15) is 19.0 Å². The number of hydrogen-bond donors (Lipinski definition) is 1. The fraction of sp³-hybridized carbons (Fsp3) is 0.562. The number of carbonyl (C=O) groups excluding carboxylic acids is 1. The van der Waals surface area contributed by atoms with Gasteiger partial charge in [-0.1, -0.05) is 18.2 Å². The van der Waals surface area contributed by atoms with Crippen LogP contribution in [0.1, 0.15) is 0 Å². The number of amides is 1. The standard InChI is InChI=1S/C16H24N2O4/c1-18-7-8-21-15(12-18)11-17-16(19)13-20-9-10-22-14-5-3-2-4-6-14/h2-6,15H,7-13H2,1H3,(H,17,19)/t15-/m0/s1.